The van der Waals surface area contributed by atoms with Crippen LogP contribution in [0.15, 0.2) is 58.3 Å². The van der Waals surface area contributed by atoms with E-state index in [4.69, 9.17) is 17.0 Å². The molecule has 5 heteroatoms. The largest absolute Gasteiger partial charge is 0.506 e. The quantitative estimate of drug-likeness (QED) is 0.830. The molecule has 100 valence electrons. The van der Waals surface area contributed by atoms with E-state index in [0.717, 1.165) is 0 Å². The van der Waals surface area contributed by atoms with E-state index in [1.165, 1.54) is 0 Å². The predicted molar refractivity (Wildman–Crippen MR) is 80.7 cm³/mol. The second-order valence-electron chi connectivity index (χ2n) is 4.33. The normalized spacial score (nSPS) is 17.1. The van der Waals surface area contributed by atoms with Crippen molar-refractivity contribution in [2.45, 2.75) is 4.90 Å². The summed E-state index contributed by atoms with van der Waals surface area (Å²) >= 11 is 5.89. The third kappa shape index (κ3) is 1.97. The van der Waals surface area contributed by atoms with Gasteiger partial charge in [-0.25, -0.2) is 4.21 Å². The summed E-state index contributed by atoms with van der Waals surface area (Å²) in [4.78, 5) is 0.583. The molecular formula is C15H10ClNO2S. The number of nitrogens with one attached hydrogen (secondary N) is 1. The number of allylic oxidation sites excluding steroid dienone is 1. The molecule has 2 aromatic rings. The molecule has 2 N–H and O–H groups in total. The number of rotatable bonds is 2. The van der Waals surface area contributed by atoms with Gasteiger partial charge in [-0.15, -0.1) is 0 Å². The Balaban J connectivity index is 2.11. The van der Waals surface area contributed by atoms with E-state index in [-0.39, 0.29) is 16.4 Å². The fourth-order valence-corrected chi connectivity index (χ4v) is 3.76. The second kappa shape index (κ2) is 4.89. The van der Waals surface area contributed by atoms with Crippen LogP contribution in [0.5, 0.6) is 0 Å². The Morgan fingerprint density at radius 2 is 1.85 bits per heavy atom. The minimum absolute atomic E-state index is 0.0637. The zero-order valence-electron chi connectivity index (χ0n) is 10.3. The Kier molecular flexibility index (Phi) is 3.20. The molecular weight excluding hydrogens is 294 g/mol. The Labute approximate surface area is 123 Å². The summed E-state index contributed by atoms with van der Waals surface area (Å²) in [5, 5.41) is 18.9. The standard InChI is InChI=1S/C15H10ClNO2S/c16-10-6-7-11-12(8-10)20(19)15(14(11)18)13(17)9-4-2-1-3-5-9/h1-8,17-18H. The maximum atomic E-state index is 12.5. The molecule has 0 saturated heterocycles. The number of aliphatic hydroxyl groups is 1. The Hall–Kier alpha value is -1.91. The molecule has 2 aromatic carbocycles. The minimum Gasteiger partial charge on any atom is -0.506 e. The van der Waals surface area contributed by atoms with Crippen LogP contribution in [0.3, 0.4) is 0 Å². The van der Waals surface area contributed by atoms with Crippen molar-refractivity contribution in [2.24, 2.45) is 0 Å². The smallest absolute Gasteiger partial charge is 0.142 e. The number of aliphatic hydroxyl groups excluding tert-OH is 1. The van der Waals surface area contributed by atoms with Crippen molar-refractivity contribution in [3.8, 4) is 0 Å². The van der Waals surface area contributed by atoms with Crippen LogP contribution >= 0.6 is 11.6 Å². The first-order chi connectivity index (χ1) is 9.59. The van der Waals surface area contributed by atoms with Gasteiger partial charge in [0.1, 0.15) is 10.7 Å². The first kappa shape index (κ1) is 13.1. The van der Waals surface area contributed by atoms with E-state index in [0.29, 0.717) is 21.0 Å². The van der Waals surface area contributed by atoms with Gasteiger partial charge in [0.15, 0.2) is 0 Å². The molecule has 20 heavy (non-hydrogen) atoms. The summed E-state index contributed by atoms with van der Waals surface area (Å²) in [7, 11) is -1.59. The number of hydrogen-bond acceptors (Lipinski definition) is 3. The maximum Gasteiger partial charge on any atom is 0.142 e. The maximum absolute atomic E-state index is 12.5. The van der Waals surface area contributed by atoms with Crippen LogP contribution in [-0.2, 0) is 10.8 Å². The third-order valence-corrected chi connectivity index (χ3v) is 4.83. The molecule has 3 nitrogen and oxygen atoms in total. The summed E-state index contributed by atoms with van der Waals surface area (Å²) in [6.45, 7) is 0. The lowest BCUT2D eigenvalue weighted by atomic mass is 10.1. The van der Waals surface area contributed by atoms with E-state index in [2.05, 4.69) is 0 Å². The molecule has 0 aliphatic carbocycles. The molecule has 0 fully saturated rings. The summed E-state index contributed by atoms with van der Waals surface area (Å²) < 4.78 is 12.5. The molecule has 3 rings (SSSR count). The SMILES string of the molecule is N=C(C1=C(O)c2ccc(Cl)cc2S1=O)c1ccccc1. The van der Waals surface area contributed by atoms with Crippen LogP contribution in [0.1, 0.15) is 11.1 Å². The lowest BCUT2D eigenvalue weighted by Crippen LogP contribution is -2.07. The van der Waals surface area contributed by atoms with Crippen LogP contribution in [0, 0.1) is 5.41 Å². The van der Waals surface area contributed by atoms with Gasteiger partial charge in [-0.1, -0.05) is 41.9 Å². The van der Waals surface area contributed by atoms with Gasteiger partial charge < -0.3 is 5.11 Å². The molecule has 1 unspecified atom stereocenters. The third-order valence-electron chi connectivity index (χ3n) is 3.09. The van der Waals surface area contributed by atoms with Crippen LogP contribution in [0.25, 0.3) is 5.76 Å². The van der Waals surface area contributed by atoms with Gasteiger partial charge in [-0.05, 0) is 18.2 Å². The zero-order chi connectivity index (χ0) is 14.3. The van der Waals surface area contributed by atoms with E-state index >= 15 is 0 Å². The molecule has 0 spiro atoms. The van der Waals surface area contributed by atoms with Crippen LogP contribution in [-0.4, -0.2) is 15.0 Å². The van der Waals surface area contributed by atoms with Gasteiger partial charge in [-0.3, -0.25) is 5.41 Å². The van der Waals surface area contributed by atoms with Crippen LogP contribution in [0.4, 0.5) is 0 Å². The van der Waals surface area contributed by atoms with Gasteiger partial charge in [0.2, 0.25) is 0 Å². The Morgan fingerprint density at radius 3 is 2.55 bits per heavy atom. The molecule has 1 aliphatic rings. The van der Waals surface area contributed by atoms with Crippen molar-refractivity contribution >= 4 is 33.9 Å². The van der Waals surface area contributed by atoms with Gasteiger partial charge >= 0.3 is 0 Å². The number of halogens is 1. The van der Waals surface area contributed by atoms with Crippen molar-refractivity contribution in [1.82, 2.24) is 0 Å². The van der Waals surface area contributed by atoms with Crippen molar-refractivity contribution in [3.63, 3.8) is 0 Å². The highest BCUT2D eigenvalue weighted by Crippen LogP contribution is 2.37. The number of benzene rings is 2. The molecule has 1 atom stereocenters. The van der Waals surface area contributed by atoms with E-state index < -0.39 is 10.8 Å². The molecule has 0 bridgehead atoms. The highest BCUT2D eigenvalue weighted by molar-refractivity contribution is 7.90. The topological polar surface area (TPSA) is 61.1 Å². The number of hydrogen-bond donors (Lipinski definition) is 2. The summed E-state index contributed by atoms with van der Waals surface area (Å²) in [5.74, 6) is -0.108. The highest BCUT2D eigenvalue weighted by atomic mass is 35.5. The van der Waals surface area contributed by atoms with Gasteiger partial charge in [0, 0.05) is 16.1 Å². The van der Waals surface area contributed by atoms with Crippen molar-refractivity contribution in [1.29, 1.82) is 5.41 Å². The summed E-state index contributed by atoms with van der Waals surface area (Å²) in [6, 6.07) is 13.7. The molecule has 0 amide bonds. The molecule has 0 aromatic heterocycles. The Morgan fingerprint density at radius 1 is 1.15 bits per heavy atom. The average molecular weight is 304 g/mol. The van der Waals surface area contributed by atoms with Crippen molar-refractivity contribution < 1.29 is 9.32 Å². The summed E-state index contributed by atoms with van der Waals surface area (Å²) in [5.41, 5.74) is 1.15. The molecule has 1 heterocycles. The Bertz CT molecular complexity index is 769. The van der Waals surface area contributed by atoms with Gasteiger partial charge in [-0.2, -0.15) is 0 Å². The molecule has 1 aliphatic heterocycles. The lowest BCUT2D eigenvalue weighted by Gasteiger charge is -2.04. The zero-order valence-corrected chi connectivity index (χ0v) is 11.8. The molecule has 0 saturated carbocycles. The van der Waals surface area contributed by atoms with Crippen LogP contribution < -0.4 is 0 Å². The monoisotopic (exact) mass is 303 g/mol. The van der Waals surface area contributed by atoms with E-state index in [1.54, 1.807) is 42.5 Å². The lowest BCUT2D eigenvalue weighted by molar-refractivity contribution is 0.511. The fourth-order valence-electron chi connectivity index (χ4n) is 2.11. The number of fused-ring (bicyclic) bond motifs is 1. The van der Waals surface area contributed by atoms with Crippen LogP contribution in [0.2, 0.25) is 5.02 Å². The first-order valence-corrected chi connectivity index (χ1v) is 7.41. The highest BCUT2D eigenvalue weighted by Gasteiger charge is 2.31. The van der Waals surface area contributed by atoms with Gasteiger partial charge in [0.05, 0.1) is 21.4 Å². The average Bonchev–Trinajstić information content (AvgIpc) is 2.71. The second-order valence-corrected chi connectivity index (χ2v) is 6.15. The van der Waals surface area contributed by atoms with Gasteiger partial charge in [0.25, 0.3) is 0 Å². The van der Waals surface area contributed by atoms with E-state index in [9.17, 15) is 9.32 Å². The summed E-state index contributed by atoms with van der Waals surface area (Å²) in [6.07, 6.45) is 0. The van der Waals surface area contributed by atoms with Crippen molar-refractivity contribution in [3.05, 3.63) is 69.6 Å². The first-order valence-electron chi connectivity index (χ1n) is 5.89. The minimum atomic E-state index is -1.59. The van der Waals surface area contributed by atoms with E-state index in [1.807, 2.05) is 6.07 Å². The van der Waals surface area contributed by atoms with Crippen molar-refractivity contribution in [2.75, 3.05) is 0 Å². The predicted octanol–water partition coefficient (Wildman–Crippen LogP) is 3.76. The molecule has 0 radical (unpaired) electrons. The fraction of sp³-hybridized carbons (Fsp3) is 0.